The molecule has 5 nitrogen and oxygen atoms in total. The fourth-order valence-electron chi connectivity index (χ4n) is 2.43. The molecular weight excluding hydrogens is 238 g/mol. The van der Waals surface area contributed by atoms with Gasteiger partial charge in [-0.15, -0.1) is 0 Å². The van der Waals surface area contributed by atoms with Gasteiger partial charge < -0.3 is 11.1 Å². The van der Waals surface area contributed by atoms with Crippen LogP contribution in [0, 0.1) is 6.92 Å². The molecule has 1 atom stereocenters. The lowest BCUT2D eigenvalue weighted by atomic mass is 9.97. The molecule has 0 spiro atoms. The third-order valence-corrected chi connectivity index (χ3v) is 3.53. The van der Waals surface area contributed by atoms with Gasteiger partial charge in [0.25, 0.3) is 0 Å². The number of aryl methyl sites for hydroxylation is 1. The van der Waals surface area contributed by atoms with Crippen molar-refractivity contribution in [1.29, 1.82) is 0 Å². The number of nitrogens with one attached hydrogen (secondary N) is 1. The second-order valence-electron chi connectivity index (χ2n) is 5.06. The highest BCUT2D eigenvalue weighted by atomic mass is 15.4. The molecule has 1 aromatic carbocycles. The largest absolute Gasteiger partial charge is 0.354 e. The van der Waals surface area contributed by atoms with E-state index in [1.807, 2.05) is 4.68 Å². The predicted octanol–water partition coefficient (Wildman–Crippen LogP) is 1.30. The lowest BCUT2D eigenvalue weighted by Crippen LogP contribution is -2.26. The van der Waals surface area contributed by atoms with Gasteiger partial charge in [0.15, 0.2) is 5.82 Å². The van der Waals surface area contributed by atoms with Gasteiger partial charge in [-0.3, -0.25) is 0 Å². The first-order valence-corrected chi connectivity index (χ1v) is 6.70. The number of nitrogens with zero attached hydrogens (tertiary/aromatic N) is 3. The highest BCUT2D eigenvalue weighted by Crippen LogP contribution is 2.24. The average Bonchev–Trinajstić information content (AvgIpc) is 2.81. The molecule has 1 unspecified atom stereocenters. The quantitative estimate of drug-likeness (QED) is 0.869. The summed E-state index contributed by atoms with van der Waals surface area (Å²) < 4.78 is 1.96. The molecule has 2 aromatic rings. The van der Waals surface area contributed by atoms with E-state index in [-0.39, 0.29) is 0 Å². The predicted molar refractivity (Wildman–Crippen MR) is 75.2 cm³/mol. The summed E-state index contributed by atoms with van der Waals surface area (Å²) in [5.41, 5.74) is 8.18. The summed E-state index contributed by atoms with van der Waals surface area (Å²) in [4.78, 5) is 4.44. The molecule has 0 aliphatic carbocycles. The Balaban J connectivity index is 1.79. The Morgan fingerprint density at radius 2 is 2.16 bits per heavy atom. The fraction of sp³-hybridized carbons (Fsp3) is 0.429. The van der Waals surface area contributed by atoms with Crippen molar-refractivity contribution >= 4 is 5.95 Å². The van der Waals surface area contributed by atoms with Gasteiger partial charge in [-0.25, -0.2) is 4.68 Å². The zero-order chi connectivity index (χ0) is 13.2. The SMILES string of the molecule is Cc1ccc(C2CNc3nc(CCN)nn3C2)cc1. The zero-order valence-electron chi connectivity index (χ0n) is 11.1. The van der Waals surface area contributed by atoms with E-state index in [2.05, 4.69) is 46.6 Å². The zero-order valence-corrected chi connectivity index (χ0v) is 11.1. The van der Waals surface area contributed by atoms with Crippen molar-refractivity contribution in [3.05, 3.63) is 41.2 Å². The minimum absolute atomic E-state index is 0.445. The van der Waals surface area contributed by atoms with Crippen molar-refractivity contribution in [2.75, 3.05) is 18.4 Å². The molecule has 1 aliphatic heterocycles. The third kappa shape index (κ3) is 2.46. The van der Waals surface area contributed by atoms with E-state index in [0.717, 1.165) is 31.3 Å². The number of anilines is 1. The molecule has 2 heterocycles. The van der Waals surface area contributed by atoms with Crippen LogP contribution in [-0.4, -0.2) is 27.9 Å². The van der Waals surface area contributed by atoms with E-state index in [1.54, 1.807) is 0 Å². The molecule has 5 heteroatoms. The van der Waals surface area contributed by atoms with Gasteiger partial charge in [-0.1, -0.05) is 29.8 Å². The van der Waals surface area contributed by atoms with Crippen molar-refractivity contribution in [3.63, 3.8) is 0 Å². The lowest BCUT2D eigenvalue weighted by molar-refractivity contribution is 0.500. The molecule has 1 aromatic heterocycles. The number of hydrogen-bond donors (Lipinski definition) is 2. The van der Waals surface area contributed by atoms with Gasteiger partial charge in [0, 0.05) is 18.9 Å². The van der Waals surface area contributed by atoms with Gasteiger partial charge >= 0.3 is 0 Å². The first-order valence-electron chi connectivity index (χ1n) is 6.70. The van der Waals surface area contributed by atoms with Gasteiger partial charge in [-0.2, -0.15) is 10.1 Å². The maximum absolute atomic E-state index is 5.54. The average molecular weight is 257 g/mol. The van der Waals surface area contributed by atoms with Gasteiger partial charge in [-0.05, 0) is 19.0 Å². The van der Waals surface area contributed by atoms with Crippen molar-refractivity contribution in [1.82, 2.24) is 14.8 Å². The van der Waals surface area contributed by atoms with Crippen LogP contribution >= 0.6 is 0 Å². The standard InChI is InChI=1S/C14H19N5/c1-10-2-4-11(5-3-10)12-8-16-14-17-13(6-7-15)18-19(14)9-12/h2-5,12H,6-9,15H2,1H3,(H,16,17,18). The van der Waals surface area contributed by atoms with Crippen LogP contribution in [0.25, 0.3) is 0 Å². The maximum Gasteiger partial charge on any atom is 0.221 e. The monoisotopic (exact) mass is 257 g/mol. The molecule has 0 saturated heterocycles. The fourth-order valence-corrected chi connectivity index (χ4v) is 2.43. The number of fused-ring (bicyclic) bond motifs is 1. The summed E-state index contributed by atoms with van der Waals surface area (Å²) in [7, 11) is 0. The summed E-state index contributed by atoms with van der Waals surface area (Å²) in [6.45, 7) is 4.48. The Kier molecular flexibility index (Phi) is 3.21. The Hall–Kier alpha value is -1.88. The molecule has 0 radical (unpaired) electrons. The molecule has 100 valence electrons. The van der Waals surface area contributed by atoms with Gasteiger partial charge in [0.2, 0.25) is 5.95 Å². The topological polar surface area (TPSA) is 68.8 Å². The summed E-state index contributed by atoms with van der Waals surface area (Å²) in [5, 5.41) is 7.85. The number of aromatic nitrogens is 3. The Morgan fingerprint density at radius 1 is 1.37 bits per heavy atom. The first-order chi connectivity index (χ1) is 9.26. The number of nitrogens with two attached hydrogens (primary N) is 1. The highest BCUT2D eigenvalue weighted by Gasteiger charge is 2.22. The van der Waals surface area contributed by atoms with E-state index in [0.29, 0.717) is 12.5 Å². The number of rotatable bonds is 3. The minimum Gasteiger partial charge on any atom is -0.354 e. The van der Waals surface area contributed by atoms with Crippen LogP contribution in [-0.2, 0) is 13.0 Å². The molecule has 3 rings (SSSR count). The summed E-state index contributed by atoms with van der Waals surface area (Å²) in [6, 6.07) is 8.72. The molecule has 0 fully saturated rings. The first kappa shape index (κ1) is 12.2. The van der Waals surface area contributed by atoms with Gasteiger partial charge in [0.1, 0.15) is 0 Å². The van der Waals surface area contributed by atoms with Crippen molar-refractivity contribution in [3.8, 4) is 0 Å². The highest BCUT2D eigenvalue weighted by molar-refractivity contribution is 5.33. The Labute approximate surface area is 112 Å². The van der Waals surface area contributed by atoms with E-state index < -0.39 is 0 Å². The summed E-state index contributed by atoms with van der Waals surface area (Å²) >= 11 is 0. The number of hydrogen-bond acceptors (Lipinski definition) is 4. The van der Waals surface area contributed by atoms with Crippen molar-refractivity contribution in [2.45, 2.75) is 25.8 Å². The molecule has 0 bridgehead atoms. The second kappa shape index (κ2) is 5.01. The van der Waals surface area contributed by atoms with Crippen LogP contribution < -0.4 is 11.1 Å². The van der Waals surface area contributed by atoms with E-state index in [1.165, 1.54) is 11.1 Å². The van der Waals surface area contributed by atoms with Crippen LogP contribution in [0.3, 0.4) is 0 Å². The third-order valence-electron chi connectivity index (χ3n) is 3.53. The maximum atomic E-state index is 5.54. The molecule has 0 saturated carbocycles. The van der Waals surface area contributed by atoms with Crippen molar-refractivity contribution < 1.29 is 0 Å². The smallest absolute Gasteiger partial charge is 0.221 e. The van der Waals surface area contributed by atoms with E-state index >= 15 is 0 Å². The molecule has 19 heavy (non-hydrogen) atoms. The molecule has 1 aliphatic rings. The normalized spacial score (nSPS) is 17.9. The van der Waals surface area contributed by atoms with Crippen LogP contribution in [0.2, 0.25) is 0 Å². The van der Waals surface area contributed by atoms with Crippen LogP contribution in [0.1, 0.15) is 22.9 Å². The van der Waals surface area contributed by atoms with E-state index in [9.17, 15) is 0 Å². The van der Waals surface area contributed by atoms with Crippen LogP contribution in [0.15, 0.2) is 24.3 Å². The Morgan fingerprint density at radius 3 is 2.89 bits per heavy atom. The summed E-state index contributed by atoms with van der Waals surface area (Å²) in [5.74, 6) is 2.14. The minimum atomic E-state index is 0.445. The number of benzene rings is 1. The molecule has 0 amide bonds. The molecular formula is C14H19N5. The lowest BCUT2D eigenvalue weighted by Gasteiger charge is -2.24. The molecule has 3 N–H and O–H groups in total. The van der Waals surface area contributed by atoms with Crippen LogP contribution in [0.5, 0.6) is 0 Å². The Bertz CT molecular complexity index is 558. The van der Waals surface area contributed by atoms with Crippen molar-refractivity contribution in [2.24, 2.45) is 5.73 Å². The van der Waals surface area contributed by atoms with E-state index in [4.69, 9.17) is 5.73 Å². The summed E-state index contributed by atoms with van der Waals surface area (Å²) in [6.07, 6.45) is 0.733. The van der Waals surface area contributed by atoms with Crippen LogP contribution in [0.4, 0.5) is 5.95 Å². The van der Waals surface area contributed by atoms with Gasteiger partial charge in [0.05, 0.1) is 6.54 Å². The second-order valence-corrected chi connectivity index (χ2v) is 5.06.